The molecule has 2 aromatic carbocycles. The van der Waals surface area contributed by atoms with E-state index in [1.54, 1.807) is 0 Å². The van der Waals surface area contributed by atoms with Crippen molar-refractivity contribution in [3.05, 3.63) is 64.0 Å². The molecule has 25 heavy (non-hydrogen) atoms. The zero-order chi connectivity index (χ0) is 17.5. The maximum Gasteiger partial charge on any atom is 0.269 e. The van der Waals surface area contributed by atoms with Gasteiger partial charge in [-0.1, -0.05) is 6.07 Å². The molecular weight excluding hydrogens is 373 g/mol. The van der Waals surface area contributed by atoms with Gasteiger partial charge in [-0.05, 0) is 36.2 Å². The van der Waals surface area contributed by atoms with E-state index in [0.717, 1.165) is 22.5 Å². The summed E-state index contributed by atoms with van der Waals surface area (Å²) in [4.78, 5) is 9.98. The summed E-state index contributed by atoms with van der Waals surface area (Å²) in [7, 11) is -3.97. The van der Waals surface area contributed by atoms with Gasteiger partial charge >= 0.3 is 0 Å². The van der Waals surface area contributed by atoms with E-state index in [4.69, 9.17) is 5.73 Å². The van der Waals surface area contributed by atoms with Crippen LogP contribution in [0.1, 0.15) is 18.0 Å². The first-order valence-corrected chi connectivity index (χ1v) is 8.57. The molecule has 1 unspecified atom stereocenters. The van der Waals surface area contributed by atoms with Gasteiger partial charge in [0.15, 0.2) is 0 Å². The van der Waals surface area contributed by atoms with Crippen LogP contribution in [0.3, 0.4) is 0 Å². The van der Waals surface area contributed by atoms with Gasteiger partial charge in [-0.3, -0.25) is 14.4 Å². The number of non-ortho nitro benzene ring substituents is 1. The molecule has 0 amide bonds. The summed E-state index contributed by atoms with van der Waals surface area (Å²) in [6.07, 6.45) is 0.394. The average molecular weight is 388 g/mol. The van der Waals surface area contributed by atoms with E-state index in [1.807, 2.05) is 0 Å². The number of anilines is 1. The fourth-order valence-corrected chi connectivity index (χ4v) is 4.19. The summed E-state index contributed by atoms with van der Waals surface area (Å²) in [6.45, 7) is 0.108. The summed E-state index contributed by atoms with van der Waals surface area (Å²) in [5.41, 5.74) is 6.52. The molecule has 0 bridgehead atoms. The molecule has 0 radical (unpaired) electrons. The smallest absolute Gasteiger partial charge is 0.269 e. The largest absolute Gasteiger partial charge is 0.324 e. The Morgan fingerprint density at radius 3 is 2.44 bits per heavy atom. The third-order valence-corrected chi connectivity index (χ3v) is 5.77. The van der Waals surface area contributed by atoms with Crippen LogP contribution >= 0.6 is 12.4 Å². The molecule has 0 fully saturated rings. The number of fused-ring (bicyclic) bond motifs is 1. The molecule has 3 rings (SSSR count). The van der Waals surface area contributed by atoms with E-state index in [2.05, 4.69) is 0 Å². The van der Waals surface area contributed by atoms with E-state index in [0.29, 0.717) is 12.0 Å². The quantitative estimate of drug-likeness (QED) is 0.643. The second-order valence-corrected chi connectivity index (χ2v) is 7.29. The highest BCUT2D eigenvalue weighted by atomic mass is 35.5. The maximum absolute atomic E-state index is 13.6. The number of hydrogen-bond acceptors (Lipinski definition) is 5. The molecule has 1 aliphatic heterocycles. The third-order valence-electron chi connectivity index (χ3n) is 3.94. The molecule has 2 N–H and O–H groups in total. The monoisotopic (exact) mass is 387 g/mol. The Labute approximate surface area is 149 Å². The van der Waals surface area contributed by atoms with Crippen LogP contribution in [0.4, 0.5) is 15.8 Å². The van der Waals surface area contributed by atoms with Gasteiger partial charge in [0.05, 0.1) is 15.5 Å². The Hall–Kier alpha value is -2.23. The van der Waals surface area contributed by atoms with Crippen molar-refractivity contribution in [2.24, 2.45) is 5.73 Å². The number of nitro groups is 1. The maximum atomic E-state index is 13.6. The van der Waals surface area contributed by atoms with Crippen LogP contribution < -0.4 is 10.0 Å². The topological polar surface area (TPSA) is 107 Å². The standard InChI is InChI=1S/C15H14FN3O4S.ClH/c16-10-1-6-13-14(17)7-8-18(15(13)9-10)24(22,23)12-4-2-11(3-5-12)19(20)21;/h1-6,9,14H,7-8,17H2;1H. The predicted molar refractivity (Wildman–Crippen MR) is 92.8 cm³/mol. The molecule has 1 atom stereocenters. The van der Waals surface area contributed by atoms with E-state index >= 15 is 0 Å². The van der Waals surface area contributed by atoms with Crippen molar-refractivity contribution in [3.63, 3.8) is 0 Å². The van der Waals surface area contributed by atoms with Crippen LogP contribution in [0.5, 0.6) is 0 Å². The summed E-state index contributed by atoms with van der Waals surface area (Å²) in [6, 6.07) is 8.06. The molecule has 0 saturated heterocycles. The molecule has 134 valence electrons. The molecule has 0 aliphatic carbocycles. The lowest BCUT2D eigenvalue weighted by molar-refractivity contribution is -0.384. The van der Waals surface area contributed by atoms with Crippen LogP contribution in [-0.2, 0) is 10.0 Å². The molecule has 0 saturated carbocycles. The fraction of sp³-hybridized carbons (Fsp3) is 0.200. The number of benzene rings is 2. The Morgan fingerprint density at radius 2 is 1.84 bits per heavy atom. The summed E-state index contributed by atoms with van der Waals surface area (Å²) in [5, 5.41) is 10.7. The van der Waals surface area contributed by atoms with Crippen LogP contribution in [0.15, 0.2) is 47.4 Å². The van der Waals surface area contributed by atoms with Crippen molar-refractivity contribution >= 4 is 33.8 Å². The van der Waals surface area contributed by atoms with E-state index < -0.39 is 20.8 Å². The lowest BCUT2D eigenvalue weighted by Crippen LogP contribution is -2.38. The van der Waals surface area contributed by atoms with Gasteiger partial charge in [0.2, 0.25) is 0 Å². The van der Waals surface area contributed by atoms with Crippen LogP contribution in [0.25, 0.3) is 0 Å². The molecule has 0 aromatic heterocycles. The van der Waals surface area contributed by atoms with Gasteiger partial charge in [-0.2, -0.15) is 0 Å². The van der Waals surface area contributed by atoms with Crippen LogP contribution in [0.2, 0.25) is 0 Å². The van der Waals surface area contributed by atoms with E-state index in [-0.39, 0.29) is 41.3 Å². The number of nitrogens with zero attached hydrogens (tertiary/aromatic N) is 2. The lowest BCUT2D eigenvalue weighted by atomic mass is 9.99. The molecule has 10 heteroatoms. The highest BCUT2D eigenvalue weighted by Crippen LogP contribution is 2.36. The number of nitrogens with two attached hydrogens (primary N) is 1. The third kappa shape index (κ3) is 3.44. The number of halogens is 2. The van der Waals surface area contributed by atoms with Crippen molar-refractivity contribution in [1.29, 1.82) is 0 Å². The van der Waals surface area contributed by atoms with Crippen molar-refractivity contribution in [2.45, 2.75) is 17.4 Å². The minimum atomic E-state index is -3.97. The minimum absolute atomic E-state index is 0. The van der Waals surface area contributed by atoms with Crippen molar-refractivity contribution in [1.82, 2.24) is 0 Å². The number of sulfonamides is 1. The van der Waals surface area contributed by atoms with Gasteiger partial charge < -0.3 is 5.73 Å². The minimum Gasteiger partial charge on any atom is -0.324 e. The SMILES string of the molecule is Cl.NC1CCN(S(=O)(=O)c2ccc([N+](=O)[O-])cc2)c2cc(F)ccc21. The molecule has 0 spiro atoms. The van der Waals surface area contributed by atoms with E-state index in [9.17, 15) is 22.9 Å². The van der Waals surface area contributed by atoms with Crippen LogP contribution in [0, 0.1) is 15.9 Å². The summed E-state index contributed by atoms with van der Waals surface area (Å²) >= 11 is 0. The van der Waals surface area contributed by atoms with Crippen LogP contribution in [-0.4, -0.2) is 19.9 Å². The van der Waals surface area contributed by atoms with Gasteiger partial charge in [0, 0.05) is 24.7 Å². The first-order chi connectivity index (χ1) is 11.3. The second kappa shape index (κ2) is 6.95. The van der Waals surface area contributed by atoms with Crippen molar-refractivity contribution < 1.29 is 17.7 Å². The normalized spacial score (nSPS) is 16.7. The molecule has 1 aliphatic rings. The number of nitro benzene ring substituents is 1. The first-order valence-electron chi connectivity index (χ1n) is 7.13. The summed E-state index contributed by atoms with van der Waals surface area (Å²) < 4.78 is 40.4. The highest BCUT2D eigenvalue weighted by Gasteiger charge is 2.32. The highest BCUT2D eigenvalue weighted by molar-refractivity contribution is 7.92. The van der Waals surface area contributed by atoms with Crippen molar-refractivity contribution in [2.75, 3.05) is 10.8 Å². The molecule has 1 heterocycles. The molecule has 2 aromatic rings. The van der Waals surface area contributed by atoms with Gasteiger partial charge in [0.1, 0.15) is 5.82 Å². The lowest BCUT2D eigenvalue weighted by Gasteiger charge is -2.33. The molecule has 7 nitrogen and oxygen atoms in total. The zero-order valence-corrected chi connectivity index (χ0v) is 14.5. The Morgan fingerprint density at radius 1 is 1.20 bits per heavy atom. The Kier molecular flexibility index (Phi) is 5.31. The second-order valence-electron chi connectivity index (χ2n) is 5.43. The molecular formula is C15H15ClFN3O4S. The Bertz CT molecular complexity index is 905. The Balaban J connectivity index is 0.00000225. The zero-order valence-electron chi connectivity index (χ0n) is 12.8. The average Bonchev–Trinajstić information content (AvgIpc) is 2.54. The predicted octanol–water partition coefficient (Wildman–Crippen LogP) is 2.75. The fourth-order valence-electron chi connectivity index (χ4n) is 2.70. The first kappa shape index (κ1) is 19.1. The number of hydrogen-bond donors (Lipinski definition) is 1. The summed E-state index contributed by atoms with van der Waals surface area (Å²) in [5.74, 6) is -0.563. The van der Waals surface area contributed by atoms with Gasteiger partial charge in [0.25, 0.3) is 15.7 Å². The van der Waals surface area contributed by atoms with Gasteiger partial charge in [-0.25, -0.2) is 12.8 Å². The van der Waals surface area contributed by atoms with Gasteiger partial charge in [-0.15, -0.1) is 12.4 Å². The van der Waals surface area contributed by atoms with E-state index in [1.165, 1.54) is 24.3 Å². The van der Waals surface area contributed by atoms with Crippen molar-refractivity contribution in [3.8, 4) is 0 Å². The number of rotatable bonds is 3.